The van der Waals surface area contributed by atoms with Gasteiger partial charge in [0, 0.05) is 24.9 Å². The van der Waals surface area contributed by atoms with Crippen LogP contribution in [0.15, 0.2) is 47.9 Å². The number of benzene rings is 1. The molecule has 0 fully saturated rings. The number of ether oxygens (including phenoxy) is 1. The number of amides is 1. The molecular formula is C20H21ClF3N5O2. The molecule has 0 aliphatic carbocycles. The first-order chi connectivity index (χ1) is 14.6. The van der Waals surface area contributed by atoms with Gasteiger partial charge >= 0.3 is 6.18 Å². The van der Waals surface area contributed by atoms with Crippen LogP contribution in [0.3, 0.4) is 0 Å². The number of nitrogens with two attached hydrogens (primary N) is 2. The van der Waals surface area contributed by atoms with Gasteiger partial charge in [0.25, 0.3) is 5.91 Å². The molecule has 0 unspecified atom stereocenters. The predicted octanol–water partition coefficient (Wildman–Crippen LogP) is 3.55. The normalized spacial score (nSPS) is 14.6. The maximum absolute atomic E-state index is 13.1. The highest BCUT2D eigenvalue weighted by Gasteiger charge is 2.36. The van der Waals surface area contributed by atoms with Gasteiger partial charge < -0.3 is 15.4 Å². The number of hydrazine groups is 1. The Morgan fingerprint density at radius 3 is 2.71 bits per heavy atom. The number of hydrogen-bond acceptors (Lipinski definition) is 6. The van der Waals surface area contributed by atoms with Crippen LogP contribution in [0.25, 0.3) is 0 Å². The second-order valence-electron chi connectivity index (χ2n) is 6.74. The van der Waals surface area contributed by atoms with Crippen LogP contribution in [0.1, 0.15) is 29.3 Å². The molecule has 2 aromatic rings. The van der Waals surface area contributed by atoms with Crippen molar-refractivity contribution in [2.24, 2.45) is 11.6 Å². The number of aromatic nitrogens is 1. The minimum absolute atomic E-state index is 0.0226. The minimum Gasteiger partial charge on any atom is -0.490 e. The highest BCUT2D eigenvalue weighted by molar-refractivity contribution is 6.34. The number of hydrogen-bond donors (Lipinski definition) is 2. The summed E-state index contributed by atoms with van der Waals surface area (Å²) in [4.78, 5) is 18.4. The van der Waals surface area contributed by atoms with Crippen molar-refractivity contribution in [1.29, 1.82) is 0 Å². The second-order valence-corrected chi connectivity index (χ2v) is 7.12. The number of carbonyl (C=O) groups excluding carboxylic acids is 1. The summed E-state index contributed by atoms with van der Waals surface area (Å²) >= 11 is 5.89. The summed E-state index contributed by atoms with van der Waals surface area (Å²) in [5.41, 5.74) is 5.70. The van der Waals surface area contributed by atoms with Gasteiger partial charge in [0.15, 0.2) is 11.6 Å². The zero-order valence-corrected chi connectivity index (χ0v) is 17.4. The van der Waals surface area contributed by atoms with Crippen molar-refractivity contribution in [3.63, 3.8) is 0 Å². The van der Waals surface area contributed by atoms with E-state index in [9.17, 15) is 18.0 Å². The summed E-state index contributed by atoms with van der Waals surface area (Å²) in [6.07, 6.45) is -2.84. The highest BCUT2D eigenvalue weighted by Crippen LogP contribution is 2.37. The third kappa shape index (κ3) is 4.70. The molecule has 0 spiro atoms. The molecular weight excluding hydrogens is 435 g/mol. The predicted molar refractivity (Wildman–Crippen MR) is 110 cm³/mol. The first kappa shape index (κ1) is 22.7. The van der Waals surface area contributed by atoms with Gasteiger partial charge in [0.2, 0.25) is 0 Å². The largest absolute Gasteiger partial charge is 0.490 e. The third-order valence-electron chi connectivity index (χ3n) is 4.74. The standard InChI is InChI=1S/C20H21ClF3N5O2/c1-2-31-16-7-4-9-27-18(16)29(26)15-8-10-28(11-14(15)25)19(30)12-5-3-6-13(17(12)21)20(22,23)24/h3-7,9H,2,8,10-11,25-26H2,1H3. The fourth-order valence-corrected chi connectivity index (χ4v) is 3.59. The molecule has 1 amide bonds. The molecule has 3 rings (SSSR count). The molecule has 0 atom stereocenters. The second kappa shape index (κ2) is 9.03. The SMILES string of the molecule is CCOc1cccnc1N(N)C1=C(N)CN(C(=O)c2cccc(C(F)(F)F)c2Cl)CC1. The molecule has 4 N–H and O–H groups in total. The van der Waals surface area contributed by atoms with Crippen LogP contribution < -0.4 is 21.3 Å². The Labute approximate surface area is 182 Å². The fourth-order valence-electron chi connectivity index (χ4n) is 3.27. The molecule has 7 nitrogen and oxygen atoms in total. The van der Waals surface area contributed by atoms with E-state index in [1.54, 1.807) is 18.3 Å². The molecule has 31 heavy (non-hydrogen) atoms. The molecule has 1 aromatic heterocycles. The first-order valence-corrected chi connectivity index (χ1v) is 9.78. The summed E-state index contributed by atoms with van der Waals surface area (Å²) < 4.78 is 44.9. The number of anilines is 1. The molecule has 0 bridgehead atoms. The summed E-state index contributed by atoms with van der Waals surface area (Å²) in [6.45, 7) is 2.41. The van der Waals surface area contributed by atoms with Gasteiger partial charge in [-0.2, -0.15) is 13.2 Å². The number of halogens is 4. The van der Waals surface area contributed by atoms with Crippen molar-refractivity contribution in [3.05, 3.63) is 64.1 Å². The van der Waals surface area contributed by atoms with Crippen LogP contribution in [0.5, 0.6) is 5.75 Å². The van der Waals surface area contributed by atoms with Gasteiger partial charge in [-0.3, -0.25) is 9.80 Å². The smallest absolute Gasteiger partial charge is 0.417 e. The average molecular weight is 456 g/mol. The molecule has 2 heterocycles. The van der Waals surface area contributed by atoms with Crippen LogP contribution in [0.4, 0.5) is 19.0 Å². The van der Waals surface area contributed by atoms with E-state index in [1.165, 1.54) is 16.0 Å². The molecule has 11 heteroatoms. The summed E-state index contributed by atoms with van der Waals surface area (Å²) in [5, 5.41) is 0.669. The van der Waals surface area contributed by atoms with Crippen LogP contribution >= 0.6 is 11.6 Å². The zero-order valence-electron chi connectivity index (χ0n) is 16.6. The van der Waals surface area contributed by atoms with E-state index in [1.807, 2.05) is 6.92 Å². The van der Waals surface area contributed by atoms with E-state index in [2.05, 4.69) is 4.98 Å². The van der Waals surface area contributed by atoms with Gasteiger partial charge in [0.05, 0.1) is 35.0 Å². The van der Waals surface area contributed by atoms with Crippen LogP contribution in [0.2, 0.25) is 5.02 Å². The van der Waals surface area contributed by atoms with Crippen LogP contribution in [-0.4, -0.2) is 35.5 Å². The summed E-state index contributed by atoms with van der Waals surface area (Å²) in [6, 6.07) is 6.66. The molecule has 166 valence electrons. The lowest BCUT2D eigenvalue weighted by atomic mass is 10.1. The Kier molecular flexibility index (Phi) is 6.61. The van der Waals surface area contributed by atoms with Crippen LogP contribution in [0, 0.1) is 0 Å². The monoisotopic (exact) mass is 455 g/mol. The topological polar surface area (TPSA) is 97.7 Å². The lowest BCUT2D eigenvalue weighted by molar-refractivity contribution is -0.137. The third-order valence-corrected chi connectivity index (χ3v) is 5.15. The maximum Gasteiger partial charge on any atom is 0.417 e. The molecule has 1 aliphatic heterocycles. The van der Waals surface area contributed by atoms with E-state index in [0.717, 1.165) is 12.1 Å². The van der Waals surface area contributed by atoms with Crippen molar-refractivity contribution < 1.29 is 22.7 Å². The Bertz CT molecular complexity index is 1010. The van der Waals surface area contributed by atoms with Crippen molar-refractivity contribution in [2.75, 3.05) is 24.7 Å². The number of carbonyl (C=O) groups is 1. The van der Waals surface area contributed by atoms with Crippen molar-refractivity contribution in [3.8, 4) is 5.75 Å². The average Bonchev–Trinajstić information content (AvgIpc) is 2.72. The van der Waals surface area contributed by atoms with E-state index < -0.39 is 22.7 Å². The van der Waals surface area contributed by atoms with E-state index in [4.69, 9.17) is 27.9 Å². The molecule has 0 saturated heterocycles. The van der Waals surface area contributed by atoms with Crippen LogP contribution in [-0.2, 0) is 6.18 Å². The summed E-state index contributed by atoms with van der Waals surface area (Å²) in [5.74, 6) is 6.41. The Morgan fingerprint density at radius 1 is 1.32 bits per heavy atom. The van der Waals surface area contributed by atoms with E-state index >= 15 is 0 Å². The summed E-state index contributed by atoms with van der Waals surface area (Å²) in [7, 11) is 0. The first-order valence-electron chi connectivity index (χ1n) is 9.40. The van der Waals surface area contributed by atoms with Crippen molar-refractivity contribution >= 4 is 23.3 Å². The van der Waals surface area contributed by atoms with E-state index in [0.29, 0.717) is 29.6 Å². The zero-order chi connectivity index (χ0) is 22.8. The van der Waals surface area contributed by atoms with Gasteiger partial charge in [0.1, 0.15) is 0 Å². The van der Waals surface area contributed by atoms with Crippen molar-refractivity contribution in [2.45, 2.75) is 19.5 Å². The number of rotatable bonds is 5. The van der Waals surface area contributed by atoms with Gasteiger partial charge in [-0.05, 0) is 31.2 Å². The molecule has 0 radical (unpaired) electrons. The molecule has 1 aliphatic rings. The lowest BCUT2D eigenvalue weighted by Crippen LogP contribution is -2.44. The van der Waals surface area contributed by atoms with Gasteiger partial charge in [-0.1, -0.05) is 17.7 Å². The quantitative estimate of drug-likeness (QED) is 0.528. The Hall–Kier alpha value is -2.98. The number of nitrogens with zero attached hydrogens (tertiary/aromatic N) is 3. The lowest BCUT2D eigenvalue weighted by Gasteiger charge is -2.33. The van der Waals surface area contributed by atoms with Crippen molar-refractivity contribution in [1.82, 2.24) is 9.88 Å². The van der Waals surface area contributed by atoms with Gasteiger partial charge in [-0.15, -0.1) is 0 Å². The molecule has 0 saturated carbocycles. The van der Waals surface area contributed by atoms with E-state index in [-0.39, 0.29) is 25.1 Å². The number of pyridine rings is 1. The molecule has 1 aromatic carbocycles. The highest BCUT2D eigenvalue weighted by atomic mass is 35.5. The minimum atomic E-state index is -4.66. The Balaban J connectivity index is 1.84. The fraction of sp³-hybridized carbons (Fsp3) is 0.300. The maximum atomic E-state index is 13.1. The number of alkyl halides is 3. The van der Waals surface area contributed by atoms with Gasteiger partial charge in [-0.25, -0.2) is 10.8 Å². The Morgan fingerprint density at radius 2 is 2.06 bits per heavy atom.